The second-order valence-electron chi connectivity index (χ2n) is 4.33. The maximum absolute atomic E-state index is 11.9. The van der Waals surface area contributed by atoms with E-state index >= 15 is 0 Å². The van der Waals surface area contributed by atoms with Gasteiger partial charge in [-0.2, -0.15) is 0 Å². The standard InChI is InChI=1S/C13H20N2O2/c1-9-5-6-12(16)11(8-9)13(17)15-10(2)4-3-7-14/h5-6,8,10,16H,3-4,7,14H2,1-2H3,(H,15,17). The van der Waals surface area contributed by atoms with Gasteiger partial charge in [0.25, 0.3) is 5.91 Å². The third-order valence-corrected chi connectivity index (χ3v) is 2.62. The molecule has 94 valence electrons. The Morgan fingerprint density at radius 1 is 1.53 bits per heavy atom. The van der Waals surface area contributed by atoms with Crippen LogP contribution in [0.3, 0.4) is 0 Å². The van der Waals surface area contributed by atoms with Gasteiger partial charge in [-0.25, -0.2) is 0 Å². The van der Waals surface area contributed by atoms with Crippen molar-refractivity contribution in [2.75, 3.05) is 6.54 Å². The van der Waals surface area contributed by atoms with E-state index in [0.29, 0.717) is 12.1 Å². The molecule has 4 heteroatoms. The van der Waals surface area contributed by atoms with E-state index in [1.807, 2.05) is 13.8 Å². The van der Waals surface area contributed by atoms with Crippen molar-refractivity contribution in [3.8, 4) is 5.75 Å². The molecular formula is C13H20N2O2. The molecule has 0 aliphatic heterocycles. The summed E-state index contributed by atoms with van der Waals surface area (Å²) in [6.07, 6.45) is 1.72. The molecule has 17 heavy (non-hydrogen) atoms. The molecule has 4 N–H and O–H groups in total. The number of carbonyl (C=O) groups excluding carboxylic acids is 1. The summed E-state index contributed by atoms with van der Waals surface area (Å²) >= 11 is 0. The highest BCUT2D eigenvalue weighted by atomic mass is 16.3. The third kappa shape index (κ3) is 4.07. The van der Waals surface area contributed by atoms with E-state index in [9.17, 15) is 9.90 Å². The van der Waals surface area contributed by atoms with Crippen LogP contribution in [0.2, 0.25) is 0 Å². The van der Waals surface area contributed by atoms with Crippen molar-refractivity contribution in [2.45, 2.75) is 32.7 Å². The third-order valence-electron chi connectivity index (χ3n) is 2.62. The van der Waals surface area contributed by atoms with Crippen LogP contribution in [-0.2, 0) is 0 Å². The van der Waals surface area contributed by atoms with E-state index in [2.05, 4.69) is 5.32 Å². The fraction of sp³-hybridized carbons (Fsp3) is 0.462. The van der Waals surface area contributed by atoms with Crippen LogP contribution in [0.4, 0.5) is 0 Å². The van der Waals surface area contributed by atoms with Gasteiger partial charge in [0.15, 0.2) is 0 Å². The zero-order valence-corrected chi connectivity index (χ0v) is 10.4. The van der Waals surface area contributed by atoms with E-state index in [0.717, 1.165) is 18.4 Å². The number of nitrogens with one attached hydrogen (secondary N) is 1. The number of amides is 1. The van der Waals surface area contributed by atoms with Gasteiger partial charge in [0.05, 0.1) is 5.56 Å². The van der Waals surface area contributed by atoms with Gasteiger partial charge in [0, 0.05) is 6.04 Å². The minimum absolute atomic E-state index is 0.0131. The topological polar surface area (TPSA) is 75.3 Å². The van der Waals surface area contributed by atoms with Gasteiger partial charge in [-0.05, 0) is 45.4 Å². The van der Waals surface area contributed by atoms with Gasteiger partial charge in [0.1, 0.15) is 5.75 Å². The SMILES string of the molecule is Cc1ccc(O)c(C(=O)NC(C)CCCN)c1. The molecular weight excluding hydrogens is 216 g/mol. The van der Waals surface area contributed by atoms with E-state index in [-0.39, 0.29) is 17.7 Å². The maximum atomic E-state index is 11.9. The molecule has 1 atom stereocenters. The molecule has 0 heterocycles. The Labute approximate surface area is 102 Å². The van der Waals surface area contributed by atoms with E-state index in [4.69, 9.17) is 5.73 Å². The van der Waals surface area contributed by atoms with Gasteiger partial charge >= 0.3 is 0 Å². The Kier molecular flexibility index (Phi) is 4.97. The van der Waals surface area contributed by atoms with Gasteiger partial charge in [-0.3, -0.25) is 4.79 Å². The van der Waals surface area contributed by atoms with Crippen LogP contribution in [0.5, 0.6) is 5.75 Å². The first-order chi connectivity index (χ1) is 8.04. The molecule has 0 aliphatic carbocycles. The van der Waals surface area contributed by atoms with Crippen LogP contribution in [0.25, 0.3) is 0 Å². The molecule has 1 unspecified atom stereocenters. The zero-order chi connectivity index (χ0) is 12.8. The normalized spacial score (nSPS) is 12.2. The molecule has 1 amide bonds. The Hall–Kier alpha value is -1.55. The number of rotatable bonds is 5. The fourth-order valence-corrected chi connectivity index (χ4v) is 1.63. The largest absolute Gasteiger partial charge is 0.507 e. The summed E-state index contributed by atoms with van der Waals surface area (Å²) in [6.45, 7) is 4.43. The van der Waals surface area contributed by atoms with Crippen molar-refractivity contribution >= 4 is 5.91 Å². The number of nitrogens with two attached hydrogens (primary N) is 1. The monoisotopic (exact) mass is 236 g/mol. The van der Waals surface area contributed by atoms with E-state index in [1.165, 1.54) is 6.07 Å². The van der Waals surface area contributed by atoms with Gasteiger partial charge in [-0.1, -0.05) is 11.6 Å². The van der Waals surface area contributed by atoms with Crippen molar-refractivity contribution in [3.63, 3.8) is 0 Å². The van der Waals surface area contributed by atoms with Crippen molar-refractivity contribution in [2.24, 2.45) is 5.73 Å². The van der Waals surface area contributed by atoms with Gasteiger partial charge < -0.3 is 16.2 Å². The van der Waals surface area contributed by atoms with Crippen molar-refractivity contribution in [3.05, 3.63) is 29.3 Å². The lowest BCUT2D eigenvalue weighted by Gasteiger charge is -2.14. The van der Waals surface area contributed by atoms with Crippen LogP contribution in [-0.4, -0.2) is 23.6 Å². The second-order valence-corrected chi connectivity index (χ2v) is 4.33. The Morgan fingerprint density at radius 2 is 2.24 bits per heavy atom. The molecule has 0 fully saturated rings. The molecule has 0 aromatic heterocycles. The summed E-state index contributed by atoms with van der Waals surface area (Å²) in [5.74, 6) is -0.227. The minimum atomic E-state index is -0.240. The summed E-state index contributed by atoms with van der Waals surface area (Å²) in [4.78, 5) is 11.9. The molecule has 0 radical (unpaired) electrons. The molecule has 0 aliphatic rings. The molecule has 0 saturated heterocycles. The molecule has 1 aromatic rings. The average Bonchev–Trinajstić information content (AvgIpc) is 2.29. The number of aryl methyl sites for hydroxylation is 1. The Balaban J connectivity index is 2.66. The average molecular weight is 236 g/mol. The first-order valence-electron chi connectivity index (χ1n) is 5.85. The summed E-state index contributed by atoms with van der Waals surface area (Å²) in [6, 6.07) is 5.05. The maximum Gasteiger partial charge on any atom is 0.255 e. The lowest BCUT2D eigenvalue weighted by atomic mass is 10.1. The van der Waals surface area contributed by atoms with Crippen LogP contribution in [0.15, 0.2) is 18.2 Å². The predicted octanol–water partition coefficient (Wildman–Crippen LogP) is 1.56. The first kappa shape index (κ1) is 13.5. The van der Waals surface area contributed by atoms with E-state index in [1.54, 1.807) is 12.1 Å². The fourth-order valence-electron chi connectivity index (χ4n) is 1.63. The lowest BCUT2D eigenvalue weighted by molar-refractivity contribution is 0.0935. The Morgan fingerprint density at radius 3 is 2.88 bits per heavy atom. The number of hydrogen-bond donors (Lipinski definition) is 3. The Bertz CT molecular complexity index is 391. The molecule has 4 nitrogen and oxygen atoms in total. The zero-order valence-electron chi connectivity index (χ0n) is 10.4. The second kappa shape index (κ2) is 6.25. The highest BCUT2D eigenvalue weighted by Gasteiger charge is 2.13. The quantitative estimate of drug-likeness (QED) is 0.726. The van der Waals surface area contributed by atoms with Crippen LogP contribution < -0.4 is 11.1 Å². The summed E-state index contributed by atoms with van der Waals surface area (Å²) in [5.41, 5.74) is 6.68. The first-order valence-corrected chi connectivity index (χ1v) is 5.85. The molecule has 0 spiro atoms. The molecule has 0 saturated carbocycles. The van der Waals surface area contributed by atoms with Crippen LogP contribution >= 0.6 is 0 Å². The minimum Gasteiger partial charge on any atom is -0.507 e. The van der Waals surface area contributed by atoms with Crippen LogP contribution in [0, 0.1) is 6.92 Å². The van der Waals surface area contributed by atoms with Crippen molar-refractivity contribution in [1.82, 2.24) is 5.32 Å². The van der Waals surface area contributed by atoms with Crippen molar-refractivity contribution < 1.29 is 9.90 Å². The van der Waals surface area contributed by atoms with Gasteiger partial charge in [0.2, 0.25) is 0 Å². The van der Waals surface area contributed by atoms with Crippen molar-refractivity contribution in [1.29, 1.82) is 0 Å². The number of aromatic hydroxyl groups is 1. The molecule has 1 rings (SSSR count). The highest BCUT2D eigenvalue weighted by Crippen LogP contribution is 2.18. The predicted molar refractivity (Wildman–Crippen MR) is 68.1 cm³/mol. The summed E-state index contributed by atoms with van der Waals surface area (Å²) in [5, 5.41) is 12.5. The van der Waals surface area contributed by atoms with E-state index < -0.39 is 0 Å². The number of phenols is 1. The van der Waals surface area contributed by atoms with Crippen LogP contribution in [0.1, 0.15) is 35.7 Å². The summed E-state index contributed by atoms with van der Waals surface area (Å²) < 4.78 is 0. The number of hydrogen-bond acceptors (Lipinski definition) is 3. The molecule has 0 bridgehead atoms. The van der Waals surface area contributed by atoms with Gasteiger partial charge in [-0.15, -0.1) is 0 Å². The highest BCUT2D eigenvalue weighted by molar-refractivity contribution is 5.97. The molecule has 1 aromatic carbocycles. The lowest BCUT2D eigenvalue weighted by Crippen LogP contribution is -2.33. The number of phenolic OH excluding ortho intramolecular Hbond substituents is 1. The smallest absolute Gasteiger partial charge is 0.255 e. The number of carbonyl (C=O) groups is 1. The summed E-state index contributed by atoms with van der Waals surface area (Å²) in [7, 11) is 0. The number of benzene rings is 1.